The number of fused-ring (bicyclic) bond motifs is 1. The van der Waals surface area contributed by atoms with Gasteiger partial charge in [0, 0.05) is 31.0 Å². The molecule has 1 aromatic heterocycles. The Hall–Kier alpha value is -4.07. The highest BCUT2D eigenvalue weighted by atomic mass is 19.1. The summed E-state index contributed by atoms with van der Waals surface area (Å²) in [6, 6.07) is 13.0. The molecule has 0 aliphatic carbocycles. The summed E-state index contributed by atoms with van der Waals surface area (Å²) in [5, 5.41) is 3.13. The summed E-state index contributed by atoms with van der Waals surface area (Å²) in [5.41, 5.74) is 1.69. The number of aromatic nitrogens is 2. The van der Waals surface area contributed by atoms with Gasteiger partial charge in [0.2, 0.25) is 5.95 Å². The maximum atomic E-state index is 14.4. The Labute approximate surface area is 177 Å². The topological polar surface area (TPSA) is 84.4 Å². The predicted octanol–water partition coefficient (Wildman–Crippen LogP) is 3.22. The van der Waals surface area contributed by atoms with E-state index in [1.54, 1.807) is 53.7 Å². The van der Waals surface area contributed by atoms with Crippen LogP contribution < -0.4 is 5.32 Å². The molecule has 1 N–H and O–H groups in total. The fourth-order valence-corrected chi connectivity index (χ4v) is 3.60. The number of nitrogens with zero attached hydrogens (tertiary/aromatic N) is 3. The molecule has 0 radical (unpaired) electrons. The van der Waals surface area contributed by atoms with Crippen molar-refractivity contribution >= 4 is 29.7 Å². The highest BCUT2D eigenvalue weighted by Gasteiger charge is 2.33. The van der Waals surface area contributed by atoms with Gasteiger partial charge in [-0.05, 0) is 35.9 Å². The van der Waals surface area contributed by atoms with E-state index >= 15 is 0 Å². The number of amides is 1. The molecule has 2 aliphatic rings. The van der Waals surface area contributed by atoms with E-state index in [0.29, 0.717) is 41.5 Å². The first-order valence-electron chi connectivity index (χ1n) is 9.74. The zero-order chi connectivity index (χ0) is 21.4. The quantitative estimate of drug-likeness (QED) is 0.658. The average molecular weight is 416 g/mol. The van der Waals surface area contributed by atoms with Crippen LogP contribution in [0.25, 0.3) is 11.8 Å². The van der Waals surface area contributed by atoms with Crippen LogP contribution in [0, 0.1) is 5.82 Å². The van der Waals surface area contributed by atoms with Crippen LogP contribution in [0.4, 0.5) is 10.3 Å². The van der Waals surface area contributed by atoms with Crippen LogP contribution in [0.3, 0.4) is 0 Å². The molecule has 1 saturated heterocycles. The van der Waals surface area contributed by atoms with Crippen molar-refractivity contribution in [3.63, 3.8) is 0 Å². The van der Waals surface area contributed by atoms with Gasteiger partial charge in [-0.25, -0.2) is 19.2 Å². The maximum absolute atomic E-state index is 14.4. The lowest BCUT2D eigenvalue weighted by Gasteiger charge is -2.39. The first kappa shape index (κ1) is 18.9. The third-order valence-electron chi connectivity index (χ3n) is 5.20. The van der Waals surface area contributed by atoms with Crippen LogP contribution in [0.1, 0.15) is 31.8 Å². The second kappa shape index (κ2) is 7.64. The number of benzene rings is 2. The van der Waals surface area contributed by atoms with Crippen molar-refractivity contribution in [1.29, 1.82) is 0 Å². The average Bonchev–Trinajstić information content (AvgIpc) is 3.08. The second-order valence-electron chi connectivity index (χ2n) is 7.31. The van der Waals surface area contributed by atoms with Crippen molar-refractivity contribution in [3.8, 4) is 0 Å². The molecule has 7 nitrogen and oxygen atoms in total. The summed E-state index contributed by atoms with van der Waals surface area (Å²) in [4.78, 5) is 34.6. The maximum Gasteiger partial charge on any atom is 0.344 e. The van der Waals surface area contributed by atoms with Crippen LogP contribution >= 0.6 is 0 Å². The number of cyclic esters (lactones) is 1. The standard InChI is InChI=1S/C23H17FN4O3/c24-19-7-6-14(11-20-16-4-1-2-5-17(16)22(30)31-20)10-18(19)21(29)28-12-15(13-28)27-23-25-8-3-9-26-23/h1-11,15H,12-13H2,(H,25,26,27)/b20-11-. The molecule has 2 aliphatic heterocycles. The normalized spacial score (nSPS) is 16.6. The number of hydrogen-bond donors (Lipinski definition) is 1. The molecule has 0 spiro atoms. The van der Waals surface area contributed by atoms with E-state index in [2.05, 4.69) is 15.3 Å². The fourth-order valence-electron chi connectivity index (χ4n) is 3.60. The third kappa shape index (κ3) is 3.63. The molecule has 5 rings (SSSR count). The molecule has 0 saturated carbocycles. The smallest absolute Gasteiger partial charge is 0.344 e. The second-order valence-corrected chi connectivity index (χ2v) is 7.31. The summed E-state index contributed by atoms with van der Waals surface area (Å²) < 4.78 is 19.7. The van der Waals surface area contributed by atoms with E-state index in [1.165, 1.54) is 12.1 Å². The first-order chi connectivity index (χ1) is 15.1. The molecule has 2 aromatic carbocycles. The third-order valence-corrected chi connectivity index (χ3v) is 5.20. The Morgan fingerprint density at radius 3 is 2.61 bits per heavy atom. The summed E-state index contributed by atoms with van der Waals surface area (Å²) >= 11 is 0. The molecular weight excluding hydrogens is 399 g/mol. The zero-order valence-electron chi connectivity index (χ0n) is 16.3. The highest BCUT2D eigenvalue weighted by Crippen LogP contribution is 2.31. The number of rotatable bonds is 4. The van der Waals surface area contributed by atoms with E-state index in [4.69, 9.17) is 4.74 Å². The van der Waals surface area contributed by atoms with Crippen LogP contribution in [0.2, 0.25) is 0 Å². The van der Waals surface area contributed by atoms with Gasteiger partial charge in [-0.2, -0.15) is 0 Å². The molecule has 0 bridgehead atoms. The van der Waals surface area contributed by atoms with Crippen LogP contribution in [0.15, 0.2) is 60.9 Å². The Kier molecular flexibility index (Phi) is 4.66. The van der Waals surface area contributed by atoms with Crippen LogP contribution in [-0.2, 0) is 4.74 Å². The van der Waals surface area contributed by atoms with Gasteiger partial charge in [-0.3, -0.25) is 4.79 Å². The van der Waals surface area contributed by atoms with Gasteiger partial charge in [-0.1, -0.05) is 24.3 Å². The molecule has 31 heavy (non-hydrogen) atoms. The number of carbonyl (C=O) groups excluding carboxylic acids is 2. The molecule has 8 heteroatoms. The minimum Gasteiger partial charge on any atom is -0.422 e. The summed E-state index contributed by atoms with van der Waals surface area (Å²) in [6.07, 6.45) is 4.89. The van der Waals surface area contributed by atoms with E-state index in [0.717, 1.165) is 0 Å². The molecule has 154 valence electrons. The van der Waals surface area contributed by atoms with E-state index < -0.39 is 17.7 Å². The van der Waals surface area contributed by atoms with Crippen molar-refractivity contribution in [3.05, 3.63) is 89.0 Å². The van der Waals surface area contributed by atoms with Crippen molar-refractivity contribution in [1.82, 2.24) is 14.9 Å². The van der Waals surface area contributed by atoms with Gasteiger partial charge in [0.25, 0.3) is 5.91 Å². The summed E-state index contributed by atoms with van der Waals surface area (Å²) in [7, 11) is 0. The van der Waals surface area contributed by atoms with Gasteiger partial charge >= 0.3 is 5.97 Å². The van der Waals surface area contributed by atoms with Crippen LogP contribution in [-0.4, -0.2) is 45.9 Å². The Morgan fingerprint density at radius 2 is 1.84 bits per heavy atom. The minimum atomic E-state index is -0.598. The van der Waals surface area contributed by atoms with Crippen molar-refractivity contribution in [2.24, 2.45) is 0 Å². The fraction of sp³-hybridized carbons (Fsp3) is 0.130. The first-order valence-corrected chi connectivity index (χ1v) is 9.74. The van der Waals surface area contributed by atoms with Gasteiger partial charge in [0.15, 0.2) is 0 Å². The molecule has 0 atom stereocenters. The van der Waals surface area contributed by atoms with E-state index in [9.17, 15) is 14.0 Å². The Morgan fingerprint density at radius 1 is 1.10 bits per heavy atom. The summed E-state index contributed by atoms with van der Waals surface area (Å²) in [5.74, 6) is -0.554. The monoisotopic (exact) mass is 416 g/mol. The Bertz CT molecular complexity index is 1210. The largest absolute Gasteiger partial charge is 0.422 e. The number of halogens is 1. The number of likely N-dealkylation sites (tertiary alicyclic amines) is 1. The highest BCUT2D eigenvalue weighted by molar-refractivity contribution is 6.06. The predicted molar refractivity (Wildman–Crippen MR) is 111 cm³/mol. The number of carbonyl (C=O) groups is 2. The van der Waals surface area contributed by atoms with E-state index in [-0.39, 0.29) is 11.6 Å². The zero-order valence-corrected chi connectivity index (χ0v) is 16.3. The van der Waals surface area contributed by atoms with Crippen molar-refractivity contribution in [2.75, 3.05) is 18.4 Å². The number of esters is 1. The lowest BCUT2D eigenvalue weighted by Crippen LogP contribution is -2.57. The van der Waals surface area contributed by atoms with Gasteiger partial charge in [0.05, 0.1) is 17.2 Å². The molecule has 1 fully saturated rings. The van der Waals surface area contributed by atoms with Gasteiger partial charge < -0.3 is 15.0 Å². The lowest BCUT2D eigenvalue weighted by atomic mass is 10.0. The molecular formula is C23H17FN4O3. The van der Waals surface area contributed by atoms with Crippen molar-refractivity contribution < 1.29 is 18.7 Å². The molecule has 3 aromatic rings. The molecule has 0 unspecified atom stereocenters. The van der Waals surface area contributed by atoms with Crippen molar-refractivity contribution in [2.45, 2.75) is 6.04 Å². The van der Waals surface area contributed by atoms with E-state index in [1.807, 2.05) is 6.07 Å². The number of nitrogens with one attached hydrogen (secondary N) is 1. The summed E-state index contributed by atoms with van der Waals surface area (Å²) in [6.45, 7) is 0.847. The van der Waals surface area contributed by atoms with Gasteiger partial charge in [0.1, 0.15) is 11.6 Å². The number of anilines is 1. The SMILES string of the molecule is O=C1O/C(=C\c2ccc(F)c(C(=O)N3CC(Nc4ncccn4)C3)c2)c2ccccc21. The number of ether oxygens (including phenoxy) is 1. The minimum absolute atomic E-state index is 0.00844. The lowest BCUT2D eigenvalue weighted by molar-refractivity contribution is 0.0619. The Balaban J connectivity index is 1.32. The molecule has 3 heterocycles. The molecule has 1 amide bonds. The van der Waals surface area contributed by atoms with Gasteiger partial charge in [-0.15, -0.1) is 0 Å². The number of hydrogen-bond acceptors (Lipinski definition) is 6. The van der Waals surface area contributed by atoms with Crippen LogP contribution in [0.5, 0.6) is 0 Å².